The van der Waals surface area contributed by atoms with Crippen molar-refractivity contribution in [2.24, 2.45) is 10.8 Å². The molecule has 0 amide bonds. The number of carbonyl (C=O) groups is 1. The Bertz CT molecular complexity index is 793. The molecule has 1 saturated carbocycles. The Balaban J connectivity index is 1.90. The first-order chi connectivity index (χ1) is 12.4. The van der Waals surface area contributed by atoms with Crippen LogP contribution in [0, 0.1) is 10.8 Å². The number of Topliss-reactive ketones (excluding diaryl/α,β-unsaturated/α-hetero) is 1. The molecule has 26 heavy (non-hydrogen) atoms. The number of benzene rings is 1. The lowest BCUT2D eigenvalue weighted by molar-refractivity contribution is -0.119. The van der Waals surface area contributed by atoms with E-state index >= 15 is 0 Å². The molecular formula is C23H29NO2. The summed E-state index contributed by atoms with van der Waals surface area (Å²) in [5.74, 6) is 2.20. The van der Waals surface area contributed by atoms with Gasteiger partial charge in [0.15, 0.2) is 11.7 Å². The minimum Gasteiger partial charge on any atom is -0.445 e. The molecule has 4 rings (SSSR count). The summed E-state index contributed by atoms with van der Waals surface area (Å²) in [7, 11) is 0. The first kappa shape index (κ1) is 17.4. The van der Waals surface area contributed by atoms with Crippen LogP contribution < -0.4 is 0 Å². The highest BCUT2D eigenvalue weighted by Crippen LogP contribution is 2.66. The smallest absolute Gasteiger partial charge is 0.200 e. The number of carbonyl (C=O) groups excluding carboxylic acids is 1. The standard InChI is InChI=1S/C23H29NO2/c1-5-24(6-2)21-19(16-10-8-7-9-11-16)23(12-13-23)20-17(25)14-22(3,4)15-18(20)26-21/h7-11H,5-6,12-15H2,1-4H3. The molecule has 0 radical (unpaired) electrons. The minimum atomic E-state index is -0.125. The van der Waals surface area contributed by atoms with Crippen molar-refractivity contribution in [3.8, 4) is 0 Å². The predicted octanol–water partition coefficient (Wildman–Crippen LogP) is 5.15. The van der Waals surface area contributed by atoms with Crippen molar-refractivity contribution < 1.29 is 9.53 Å². The minimum absolute atomic E-state index is 0.0232. The average Bonchev–Trinajstić information content (AvgIpc) is 3.35. The molecule has 0 unspecified atom stereocenters. The van der Waals surface area contributed by atoms with E-state index in [1.807, 2.05) is 6.07 Å². The lowest BCUT2D eigenvalue weighted by atomic mass is 9.69. The molecule has 3 aliphatic rings. The molecule has 1 fully saturated rings. The van der Waals surface area contributed by atoms with Crippen LogP contribution in [0.15, 0.2) is 47.5 Å². The molecule has 3 nitrogen and oxygen atoms in total. The van der Waals surface area contributed by atoms with Crippen molar-refractivity contribution in [3.05, 3.63) is 53.1 Å². The highest BCUT2D eigenvalue weighted by atomic mass is 16.5. The van der Waals surface area contributed by atoms with Crippen LogP contribution in [0.4, 0.5) is 0 Å². The number of rotatable bonds is 4. The molecule has 1 heterocycles. The largest absolute Gasteiger partial charge is 0.445 e. The highest BCUT2D eigenvalue weighted by Gasteiger charge is 2.59. The van der Waals surface area contributed by atoms with Crippen LogP contribution in [0.3, 0.4) is 0 Å². The van der Waals surface area contributed by atoms with Gasteiger partial charge >= 0.3 is 0 Å². The SMILES string of the molecule is CCN(CC)C1=C(c2ccccc2)C2(CC2)C2=C(CC(C)(C)CC2=O)O1. The van der Waals surface area contributed by atoms with Gasteiger partial charge in [-0.1, -0.05) is 44.2 Å². The third kappa shape index (κ3) is 2.60. The van der Waals surface area contributed by atoms with E-state index in [2.05, 4.69) is 56.9 Å². The molecule has 0 N–H and O–H groups in total. The van der Waals surface area contributed by atoms with E-state index in [1.165, 1.54) is 11.1 Å². The maximum Gasteiger partial charge on any atom is 0.200 e. The van der Waals surface area contributed by atoms with Crippen LogP contribution in [-0.2, 0) is 9.53 Å². The van der Waals surface area contributed by atoms with E-state index in [0.717, 1.165) is 49.6 Å². The Hall–Kier alpha value is -2.03. The second kappa shape index (κ2) is 6.00. The first-order valence-electron chi connectivity index (χ1n) is 9.91. The van der Waals surface area contributed by atoms with Crippen LogP contribution in [0.2, 0.25) is 0 Å². The van der Waals surface area contributed by atoms with Crippen molar-refractivity contribution in [3.63, 3.8) is 0 Å². The van der Waals surface area contributed by atoms with E-state index < -0.39 is 0 Å². The van der Waals surface area contributed by atoms with E-state index in [0.29, 0.717) is 12.2 Å². The number of fused-ring (bicyclic) bond motifs is 1. The van der Waals surface area contributed by atoms with Gasteiger partial charge in [-0.25, -0.2) is 0 Å². The Labute approximate surface area is 156 Å². The van der Waals surface area contributed by atoms with Crippen molar-refractivity contribution in [2.45, 2.75) is 53.4 Å². The summed E-state index contributed by atoms with van der Waals surface area (Å²) in [5, 5.41) is 0. The fourth-order valence-corrected chi connectivity index (χ4v) is 4.75. The van der Waals surface area contributed by atoms with Crippen LogP contribution in [0.25, 0.3) is 5.57 Å². The van der Waals surface area contributed by atoms with Crippen LogP contribution in [0.5, 0.6) is 0 Å². The average molecular weight is 351 g/mol. The monoisotopic (exact) mass is 351 g/mol. The normalized spacial score (nSPS) is 23.0. The molecule has 1 aromatic rings. The zero-order valence-corrected chi connectivity index (χ0v) is 16.4. The van der Waals surface area contributed by atoms with Gasteiger partial charge in [0.2, 0.25) is 0 Å². The molecule has 0 saturated heterocycles. The summed E-state index contributed by atoms with van der Waals surface area (Å²) in [6.07, 6.45) is 3.58. The molecule has 0 atom stereocenters. The third-order valence-electron chi connectivity index (χ3n) is 6.09. The zero-order chi connectivity index (χ0) is 18.5. The highest BCUT2D eigenvalue weighted by molar-refractivity contribution is 6.03. The molecular weight excluding hydrogens is 322 g/mol. The summed E-state index contributed by atoms with van der Waals surface area (Å²) < 4.78 is 6.55. The number of hydrogen-bond acceptors (Lipinski definition) is 3. The maximum absolute atomic E-state index is 13.1. The molecule has 2 aliphatic carbocycles. The predicted molar refractivity (Wildman–Crippen MR) is 104 cm³/mol. The van der Waals surface area contributed by atoms with E-state index in [4.69, 9.17) is 4.74 Å². The zero-order valence-electron chi connectivity index (χ0n) is 16.4. The molecule has 0 bridgehead atoms. The topological polar surface area (TPSA) is 29.5 Å². The van der Waals surface area contributed by atoms with Crippen LogP contribution in [0.1, 0.15) is 58.9 Å². The first-order valence-corrected chi connectivity index (χ1v) is 9.91. The molecule has 0 aromatic heterocycles. The van der Waals surface area contributed by atoms with Crippen molar-refractivity contribution in [1.82, 2.24) is 4.90 Å². The van der Waals surface area contributed by atoms with Crippen LogP contribution in [-0.4, -0.2) is 23.8 Å². The Morgan fingerprint density at radius 1 is 1.00 bits per heavy atom. The third-order valence-corrected chi connectivity index (χ3v) is 6.09. The second-order valence-electron chi connectivity index (χ2n) is 8.64. The number of allylic oxidation sites excluding steroid dienone is 3. The van der Waals surface area contributed by atoms with E-state index in [-0.39, 0.29) is 10.8 Å². The van der Waals surface area contributed by atoms with Gasteiger partial charge in [-0.15, -0.1) is 0 Å². The molecule has 1 aromatic carbocycles. The lowest BCUT2D eigenvalue weighted by Gasteiger charge is -2.42. The van der Waals surface area contributed by atoms with Gasteiger partial charge in [-0.05, 0) is 37.7 Å². The summed E-state index contributed by atoms with van der Waals surface area (Å²) in [6, 6.07) is 10.5. The van der Waals surface area contributed by atoms with Gasteiger partial charge in [0.25, 0.3) is 0 Å². The van der Waals surface area contributed by atoms with Gasteiger partial charge in [0.05, 0.1) is 0 Å². The Morgan fingerprint density at radius 3 is 2.23 bits per heavy atom. The maximum atomic E-state index is 13.1. The quantitative estimate of drug-likeness (QED) is 0.751. The van der Waals surface area contributed by atoms with Gasteiger partial charge in [-0.3, -0.25) is 4.79 Å². The number of ether oxygens (including phenoxy) is 1. The van der Waals surface area contributed by atoms with Gasteiger partial charge in [0.1, 0.15) is 5.76 Å². The van der Waals surface area contributed by atoms with E-state index in [9.17, 15) is 4.79 Å². The molecule has 3 heteroatoms. The summed E-state index contributed by atoms with van der Waals surface area (Å²) in [4.78, 5) is 15.4. The lowest BCUT2D eigenvalue weighted by Crippen LogP contribution is -2.37. The summed E-state index contributed by atoms with van der Waals surface area (Å²) in [6.45, 7) is 10.5. The fourth-order valence-electron chi connectivity index (χ4n) is 4.75. The van der Waals surface area contributed by atoms with Crippen LogP contribution >= 0.6 is 0 Å². The number of nitrogens with zero attached hydrogens (tertiary/aromatic N) is 1. The van der Waals surface area contributed by atoms with E-state index in [1.54, 1.807) is 0 Å². The van der Waals surface area contributed by atoms with Crippen molar-refractivity contribution in [2.75, 3.05) is 13.1 Å². The Kier molecular flexibility index (Phi) is 4.02. The Morgan fingerprint density at radius 2 is 1.65 bits per heavy atom. The molecule has 1 spiro atoms. The fraction of sp³-hybridized carbons (Fsp3) is 0.522. The van der Waals surface area contributed by atoms with Crippen molar-refractivity contribution >= 4 is 11.4 Å². The van der Waals surface area contributed by atoms with Gasteiger partial charge in [-0.2, -0.15) is 0 Å². The molecule has 138 valence electrons. The summed E-state index contributed by atoms with van der Waals surface area (Å²) >= 11 is 0. The van der Waals surface area contributed by atoms with Gasteiger partial charge in [0, 0.05) is 42.5 Å². The number of hydrogen-bond donors (Lipinski definition) is 0. The number of ketones is 1. The second-order valence-corrected chi connectivity index (χ2v) is 8.64. The summed E-state index contributed by atoms with van der Waals surface area (Å²) in [5.41, 5.74) is 3.25. The van der Waals surface area contributed by atoms with Crippen molar-refractivity contribution in [1.29, 1.82) is 0 Å². The molecule has 1 aliphatic heterocycles. The van der Waals surface area contributed by atoms with Gasteiger partial charge < -0.3 is 9.64 Å².